The lowest BCUT2D eigenvalue weighted by Gasteiger charge is -2.25. The van der Waals surface area contributed by atoms with Crippen molar-refractivity contribution < 1.29 is 9.90 Å². The van der Waals surface area contributed by atoms with Crippen molar-refractivity contribution in [2.24, 2.45) is 0 Å². The molecule has 0 aromatic heterocycles. The molecule has 4 heteroatoms. The fourth-order valence-corrected chi connectivity index (χ4v) is 2.78. The van der Waals surface area contributed by atoms with Crippen LogP contribution in [0.2, 0.25) is 0 Å². The number of aryl methyl sites for hydroxylation is 1. The van der Waals surface area contributed by atoms with Crippen molar-refractivity contribution in [3.05, 3.63) is 35.4 Å². The maximum Gasteiger partial charge on any atom is 0.232 e. The lowest BCUT2D eigenvalue weighted by Crippen LogP contribution is -2.40. The van der Waals surface area contributed by atoms with Crippen LogP contribution in [0.3, 0.4) is 0 Å². The molecule has 3 nitrogen and oxygen atoms in total. The predicted octanol–water partition coefficient (Wildman–Crippen LogP) is 2.46. The normalized spacial score (nSPS) is 10.8. The van der Waals surface area contributed by atoms with Gasteiger partial charge in [0.1, 0.15) is 0 Å². The Bertz CT molecular complexity index is 407. The maximum atomic E-state index is 12.0. The molecule has 1 N–H and O–H groups in total. The second-order valence-electron chi connectivity index (χ2n) is 4.89. The minimum Gasteiger partial charge on any atom is -0.395 e. The van der Waals surface area contributed by atoms with E-state index in [1.807, 2.05) is 19.9 Å². The monoisotopic (exact) mass is 281 g/mol. The van der Waals surface area contributed by atoms with Crippen LogP contribution in [-0.4, -0.2) is 40.9 Å². The Balaban J connectivity index is 2.41. The Morgan fingerprint density at radius 3 is 2.74 bits per heavy atom. The van der Waals surface area contributed by atoms with E-state index in [4.69, 9.17) is 5.11 Å². The Morgan fingerprint density at radius 2 is 2.16 bits per heavy atom. The van der Waals surface area contributed by atoms with E-state index in [9.17, 15) is 4.79 Å². The Morgan fingerprint density at radius 1 is 1.42 bits per heavy atom. The topological polar surface area (TPSA) is 40.5 Å². The number of carbonyl (C=O) groups is 1. The first-order valence-corrected chi connectivity index (χ1v) is 7.73. The van der Waals surface area contributed by atoms with E-state index in [2.05, 4.69) is 25.1 Å². The van der Waals surface area contributed by atoms with Crippen LogP contribution in [-0.2, 0) is 10.5 Å². The molecule has 1 amide bonds. The van der Waals surface area contributed by atoms with Gasteiger partial charge in [0.2, 0.25) is 5.91 Å². The lowest BCUT2D eigenvalue weighted by atomic mass is 10.2. The Labute approximate surface area is 120 Å². The van der Waals surface area contributed by atoms with Gasteiger partial charge in [-0.05, 0) is 26.3 Å². The SMILES string of the molecule is Cc1cccc(CSCC(=O)N(CCO)C(C)C)c1. The van der Waals surface area contributed by atoms with Crippen LogP contribution in [0.1, 0.15) is 25.0 Å². The van der Waals surface area contributed by atoms with Gasteiger partial charge in [0.15, 0.2) is 0 Å². The quantitative estimate of drug-likeness (QED) is 0.834. The summed E-state index contributed by atoms with van der Waals surface area (Å²) in [5, 5.41) is 8.97. The van der Waals surface area contributed by atoms with Gasteiger partial charge in [-0.15, -0.1) is 11.8 Å². The highest BCUT2D eigenvalue weighted by atomic mass is 32.2. The van der Waals surface area contributed by atoms with Crippen molar-refractivity contribution in [1.29, 1.82) is 0 Å². The third kappa shape index (κ3) is 5.66. The van der Waals surface area contributed by atoms with Crippen molar-refractivity contribution >= 4 is 17.7 Å². The number of thioether (sulfide) groups is 1. The summed E-state index contributed by atoms with van der Waals surface area (Å²) < 4.78 is 0. The zero-order valence-electron chi connectivity index (χ0n) is 11.9. The summed E-state index contributed by atoms with van der Waals surface area (Å²) in [6.45, 7) is 6.45. The molecule has 0 aliphatic rings. The zero-order valence-corrected chi connectivity index (χ0v) is 12.7. The molecule has 1 rings (SSSR count). The van der Waals surface area contributed by atoms with E-state index in [1.54, 1.807) is 16.7 Å². The highest BCUT2D eigenvalue weighted by molar-refractivity contribution is 7.99. The van der Waals surface area contributed by atoms with Gasteiger partial charge >= 0.3 is 0 Å². The van der Waals surface area contributed by atoms with Gasteiger partial charge in [-0.3, -0.25) is 4.79 Å². The molecular weight excluding hydrogens is 258 g/mol. The number of amides is 1. The molecule has 1 aromatic carbocycles. The molecule has 106 valence electrons. The van der Waals surface area contributed by atoms with E-state index < -0.39 is 0 Å². The largest absolute Gasteiger partial charge is 0.395 e. The van der Waals surface area contributed by atoms with E-state index in [1.165, 1.54) is 11.1 Å². The Hall–Kier alpha value is -1.00. The summed E-state index contributed by atoms with van der Waals surface area (Å²) >= 11 is 1.62. The smallest absolute Gasteiger partial charge is 0.232 e. The molecule has 0 unspecified atom stereocenters. The van der Waals surface area contributed by atoms with Crippen molar-refractivity contribution in [1.82, 2.24) is 4.90 Å². The summed E-state index contributed by atoms with van der Waals surface area (Å²) in [7, 11) is 0. The number of benzene rings is 1. The van der Waals surface area contributed by atoms with E-state index in [0.717, 1.165) is 5.75 Å². The van der Waals surface area contributed by atoms with Crippen molar-refractivity contribution in [3.8, 4) is 0 Å². The van der Waals surface area contributed by atoms with Crippen LogP contribution in [0.5, 0.6) is 0 Å². The third-order valence-corrected chi connectivity index (χ3v) is 3.85. The molecule has 1 aromatic rings. The maximum absolute atomic E-state index is 12.0. The molecule has 0 saturated heterocycles. The number of rotatable bonds is 7. The minimum atomic E-state index is 0.0203. The van der Waals surface area contributed by atoms with Gasteiger partial charge in [0, 0.05) is 18.3 Å². The molecule has 0 fully saturated rings. The highest BCUT2D eigenvalue weighted by Gasteiger charge is 2.15. The molecule has 0 bridgehead atoms. The zero-order chi connectivity index (χ0) is 14.3. The summed E-state index contributed by atoms with van der Waals surface area (Å²) in [4.78, 5) is 13.8. The Kier molecular flexibility index (Phi) is 6.95. The highest BCUT2D eigenvalue weighted by Crippen LogP contribution is 2.14. The molecule has 0 aliphatic carbocycles. The standard InChI is InChI=1S/C15H23NO2S/c1-12(2)16(7-8-17)15(18)11-19-10-14-6-4-5-13(3)9-14/h4-6,9,12,17H,7-8,10-11H2,1-3H3. The van der Waals surface area contributed by atoms with Crippen molar-refractivity contribution in [3.63, 3.8) is 0 Å². The summed E-state index contributed by atoms with van der Waals surface area (Å²) in [6, 6.07) is 8.48. The number of nitrogens with zero attached hydrogens (tertiary/aromatic N) is 1. The summed E-state index contributed by atoms with van der Waals surface area (Å²) in [5.74, 6) is 1.41. The third-order valence-electron chi connectivity index (χ3n) is 2.86. The van der Waals surface area contributed by atoms with Crippen molar-refractivity contribution in [2.45, 2.75) is 32.6 Å². The van der Waals surface area contributed by atoms with Gasteiger partial charge < -0.3 is 10.0 Å². The van der Waals surface area contributed by atoms with Gasteiger partial charge in [0.25, 0.3) is 0 Å². The first-order chi connectivity index (χ1) is 9.04. The second-order valence-corrected chi connectivity index (χ2v) is 5.87. The van der Waals surface area contributed by atoms with Crippen molar-refractivity contribution in [2.75, 3.05) is 18.9 Å². The second kappa shape index (κ2) is 8.23. The van der Waals surface area contributed by atoms with Gasteiger partial charge in [-0.1, -0.05) is 29.8 Å². The van der Waals surface area contributed by atoms with Crippen LogP contribution in [0.25, 0.3) is 0 Å². The molecule has 0 spiro atoms. The number of hydrogen-bond donors (Lipinski definition) is 1. The van der Waals surface area contributed by atoms with E-state index in [-0.39, 0.29) is 18.6 Å². The molecule has 0 heterocycles. The fraction of sp³-hybridized carbons (Fsp3) is 0.533. The van der Waals surface area contributed by atoms with Crippen LogP contribution < -0.4 is 0 Å². The summed E-state index contributed by atoms with van der Waals surface area (Å²) in [5.41, 5.74) is 2.49. The van der Waals surface area contributed by atoms with E-state index in [0.29, 0.717) is 12.3 Å². The minimum absolute atomic E-state index is 0.0203. The molecule has 0 atom stereocenters. The fourth-order valence-electron chi connectivity index (χ4n) is 1.92. The van der Waals surface area contributed by atoms with Gasteiger partial charge in [-0.2, -0.15) is 0 Å². The van der Waals surface area contributed by atoms with Crippen LogP contribution >= 0.6 is 11.8 Å². The van der Waals surface area contributed by atoms with Crippen LogP contribution in [0.15, 0.2) is 24.3 Å². The van der Waals surface area contributed by atoms with Gasteiger partial charge in [0.05, 0.1) is 12.4 Å². The number of aliphatic hydroxyl groups is 1. The molecular formula is C15H23NO2S. The number of carbonyl (C=O) groups excluding carboxylic acids is 1. The summed E-state index contributed by atoms with van der Waals surface area (Å²) in [6.07, 6.45) is 0. The molecule has 19 heavy (non-hydrogen) atoms. The number of hydrogen-bond acceptors (Lipinski definition) is 3. The first-order valence-electron chi connectivity index (χ1n) is 6.58. The van der Waals surface area contributed by atoms with Gasteiger partial charge in [-0.25, -0.2) is 0 Å². The van der Waals surface area contributed by atoms with E-state index >= 15 is 0 Å². The molecule has 0 aliphatic heterocycles. The first kappa shape index (κ1) is 16.1. The van der Waals surface area contributed by atoms with Crippen LogP contribution in [0, 0.1) is 6.92 Å². The molecule has 0 radical (unpaired) electrons. The van der Waals surface area contributed by atoms with Crippen LogP contribution in [0.4, 0.5) is 0 Å². The average molecular weight is 281 g/mol. The average Bonchev–Trinajstić information content (AvgIpc) is 2.35. The number of aliphatic hydroxyl groups excluding tert-OH is 1. The molecule has 0 saturated carbocycles. The predicted molar refractivity (Wildman–Crippen MR) is 81.3 cm³/mol. The lowest BCUT2D eigenvalue weighted by molar-refractivity contribution is -0.130.